The third-order valence-corrected chi connectivity index (χ3v) is 8.39. The lowest BCUT2D eigenvalue weighted by Gasteiger charge is -2.40. The Morgan fingerprint density at radius 1 is 0.485 bits per heavy atom. The van der Waals surface area contributed by atoms with Crippen LogP contribution in [0.15, 0.2) is 0 Å². The molecule has 6 atom stereocenters. The summed E-state index contributed by atoms with van der Waals surface area (Å²) in [5, 5.41) is 0. The zero-order valence-electron chi connectivity index (χ0n) is 21.7. The molecule has 3 saturated carbocycles. The Labute approximate surface area is 202 Å². The van der Waals surface area contributed by atoms with Crippen molar-refractivity contribution < 1.29 is 28.4 Å². The van der Waals surface area contributed by atoms with Crippen molar-refractivity contribution in [2.75, 3.05) is 41.2 Å². The lowest BCUT2D eigenvalue weighted by Crippen LogP contribution is -2.46. The highest BCUT2D eigenvalue weighted by atomic mass is 16.6. The van der Waals surface area contributed by atoms with E-state index < -0.39 is 0 Å². The molecule has 3 aliphatic rings. The molecule has 6 unspecified atom stereocenters. The van der Waals surface area contributed by atoms with Gasteiger partial charge in [0.1, 0.15) is 0 Å². The fourth-order valence-electron chi connectivity index (χ4n) is 5.85. The van der Waals surface area contributed by atoms with Gasteiger partial charge in [0.25, 0.3) is 0 Å². The van der Waals surface area contributed by atoms with E-state index in [2.05, 4.69) is 6.92 Å². The number of hydrogen-bond donors (Lipinski definition) is 0. The van der Waals surface area contributed by atoms with Gasteiger partial charge < -0.3 is 28.4 Å². The van der Waals surface area contributed by atoms with Gasteiger partial charge in [-0.15, -0.1) is 0 Å². The maximum atomic E-state index is 6.58. The van der Waals surface area contributed by atoms with Gasteiger partial charge >= 0.3 is 0 Å². The predicted molar refractivity (Wildman–Crippen MR) is 130 cm³/mol. The van der Waals surface area contributed by atoms with Crippen LogP contribution in [0, 0.1) is 5.41 Å². The Morgan fingerprint density at radius 3 is 1.00 bits per heavy atom. The van der Waals surface area contributed by atoms with E-state index in [1.165, 1.54) is 38.5 Å². The predicted octanol–water partition coefficient (Wildman–Crippen LogP) is 5.31. The van der Waals surface area contributed by atoms with Crippen LogP contribution in [-0.2, 0) is 28.4 Å². The first-order chi connectivity index (χ1) is 16.1. The van der Waals surface area contributed by atoms with E-state index in [0.29, 0.717) is 19.8 Å². The highest BCUT2D eigenvalue weighted by molar-refractivity contribution is 4.85. The molecule has 3 rings (SSSR count). The summed E-state index contributed by atoms with van der Waals surface area (Å²) in [5.74, 6) is 0. The van der Waals surface area contributed by atoms with E-state index in [0.717, 1.165) is 44.9 Å². The van der Waals surface area contributed by atoms with E-state index in [1.807, 2.05) is 21.3 Å². The standard InChI is InChI=1S/C27H50O6/c1-5-27(18-31-24-15-9-6-12-21(24)28-2,19-32-25-16-10-7-13-22(25)29-3)20-33-26-17-11-8-14-23(26)30-4/h21-26H,5-20H2,1-4H3. The van der Waals surface area contributed by atoms with Gasteiger partial charge in [0, 0.05) is 26.7 Å². The van der Waals surface area contributed by atoms with Crippen molar-refractivity contribution >= 4 is 0 Å². The third-order valence-electron chi connectivity index (χ3n) is 8.39. The third kappa shape index (κ3) is 7.88. The maximum Gasteiger partial charge on any atom is 0.0836 e. The van der Waals surface area contributed by atoms with Crippen molar-refractivity contribution in [2.24, 2.45) is 5.41 Å². The minimum absolute atomic E-state index is 0.164. The number of ether oxygens (including phenoxy) is 6. The van der Waals surface area contributed by atoms with Crippen LogP contribution in [0.4, 0.5) is 0 Å². The maximum absolute atomic E-state index is 6.58. The summed E-state index contributed by atoms with van der Waals surface area (Å²) in [7, 11) is 5.44. The first-order valence-electron chi connectivity index (χ1n) is 13.6. The van der Waals surface area contributed by atoms with E-state index in [1.54, 1.807) is 0 Å². The fraction of sp³-hybridized carbons (Fsp3) is 1.00. The quantitative estimate of drug-likeness (QED) is 0.364. The molecule has 0 N–H and O–H groups in total. The molecular weight excluding hydrogens is 420 g/mol. The molecule has 0 bridgehead atoms. The number of methoxy groups -OCH3 is 3. The van der Waals surface area contributed by atoms with Crippen LogP contribution < -0.4 is 0 Å². The first-order valence-corrected chi connectivity index (χ1v) is 13.6. The zero-order chi connectivity index (χ0) is 23.5. The lowest BCUT2D eigenvalue weighted by atomic mass is 9.86. The average molecular weight is 471 g/mol. The highest BCUT2D eigenvalue weighted by Crippen LogP contribution is 2.33. The summed E-state index contributed by atoms with van der Waals surface area (Å²) in [6.07, 6.45) is 15.8. The van der Waals surface area contributed by atoms with Gasteiger partial charge in [-0.3, -0.25) is 0 Å². The van der Waals surface area contributed by atoms with Crippen molar-refractivity contribution in [1.82, 2.24) is 0 Å². The fourth-order valence-corrected chi connectivity index (χ4v) is 5.85. The summed E-state index contributed by atoms with van der Waals surface area (Å²) in [5.41, 5.74) is -0.179. The SMILES string of the molecule is CCC(COC1CCCCC1OC)(COC1CCCCC1OC)COC1CCCCC1OC. The van der Waals surface area contributed by atoms with Gasteiger partial charge in [-0.1, -0.05) is 45.4 Å². The molecular formula is C27H50O6. The highest BCUT2D eigenvalue weighted by Gasteiger charge is 2.37. The minimum Gasteiger partial charge on any atom is -0.379 e. The smallest absolute Gasteiger partial charge is 0.0836 e. The van der Waals surface area contributed by atoms with Gasteiger partial charge in [0.05, 0.1) is 56.4 Å². The van der Waals surface area contributed by atoms with Crippen LogP contribution in [0.25, 0.3) is 0 Å². The number of hydrogen-bond acceptors (Lipinski definition) is 6. The van der Waals surface area contributed by atoms with Crippen molar-refractivity contribution in [1.29, 1.82) is 0 Å². The molecule has 0 radical (unpaired) electrons. The Hall–Kier alpha value is -0.240. The molecule has 194 valence electrons. The molecule has 3 aliphatic carbocycles. The Balaban J connectivity index is 1.65. The van der Waals surface area contributed by atoms with E-state index in [-0.39, 0.29) is 42.0 Å². The van der Waals surface area contributed by atoms with E-state index in [9.17, 15) is 0 Å². The van der Waals surface area contributed by atoms with Crippen molar-refractivity contribution in [3.05, 3.63) is 0 Å². The van der Waals surface area contributed by atoms with Crippen LogP contribution in [0.5, 0.6) is 0 Å². The molecule has 0 heterocycles. The molecule has 6 heteroatoms. The second-order valence-electron chi connectivity index (χ2n) is 10.6. The second-order valence-corrected chi connectivity index (χ2v) is 10.6. The van der Waals surface area contributed by atoms with Crippen molar-refractivity contribution in [2.45, 2.75) is 127 Å². The molecule has 0 aliphatic heterocycles. The summed E-state index contributed by atoms with van der Waals surface area (Å²) in [6.45, 7) is 4.17. The van der Waals surface area contributed by atoms with Gasteiger partial charge in [-0.2, -0.15) is 0 Å². The Kier molecular flexibility index (Phi) is 11.9. The van der Waals surface area contributed by atoms with Crippen LogP contribution in [0.3, 0.4) is 0 Å². The van der Waals surface area contributed by atoms with Crippen molar-refractivity contribution in [3.8, 4) is 0 Å². The molecule has 0 aromatic heterocycles. The molecule has 0 aromatic carbocycles. The van der Waals surface area contributed by atoms with Gasteiger partial charge in [-0.25, -0.2) is 0 Å². The largest absolute Gasteiger partial charge is 0.379 e. The molecule has 3 fully saturated rings. The molecule has 0 saturated heterocycles. The minimum atomic E-state index is -0.179. The van der Waals surface area contributed by atoms with Crippen LogP contribution in [-0.4, -0.2) is 77.8 Å². The summed E-state index contributed by atoms with van der Waals surface area (Å²) >= 11 is 0. The number of rotatable bonds is 13. The normalized spacial score (nSPS) is 35.3. The Bertz CT molecular complexity index is 459. The summed E-state index contributed by atoms with van der Waals surface area (Å²) in [4.78, 5) is 0. The molecule has 33 heavy (non-hydrogen) atoms. The summed E-state index contributed by atoms with van der Waals surface area (Å²) < 4.78 is 37.0. The second kappa shape index (κ2) is 14.4. The van der Waals surface area contributed by atoms with Gasteiger partial charge in [0.15, 0.2) is 0 Å². The average Bonchev–Trinajstić information content (AvgIpc) is 2.89. The molecule has 6 nitrogen and oxygen atoms in total. The lowest BCUT2D eigenvalue weighted by molar-refractivity contribution is -0.167. The van der Waals surface area contributed by atoms with Crippen LogP contribution in [0.1, 0.15) is 90.4 Å². The molecule has 0 amide bonds. The van der Waals surface area contributed by atoms with E-state index >= 15 is 0 Å². The van der Waals surface area contributed by atoms with Gasteiger partial charge in [0.2, 0.25) is 0 Å². The van der Waals surface area contributed by atoms with Crippen LogP contribution >= 0.6 is 0 Å². The zero-order valence-corrected chi connectivity index (χ0v) is 21.7. The first kappa shape index (κ1) is 27.3. The monoisotopic (exact) mass is 470 g/mol. The van der Waals surface area contributed by atoms with E-state index in [4.69, 9.17) is 28.4 Å². The molecule has 0 spiro atoms. The topological polar surface area (TPSA) is 55.4 Å². The van der Waals surface area contributed by atoms with Crippen molar-refractivity contribution in [3.63, 3.8) is 0 Å². The Morgan fingerprint density at radius 2 is 0.758 bits per heavy atom. The summed E-state index contributed by atoms with van der Waals surface area (Å²) in [6, 6.07) is 0. The van der Waals surface area contributed by atoms with Crippen LogP contribution in [0.2, 0.25) is 0 Å². The van der Waals surface area contributed by atoms with Gasteiger partial charge in [-0.05, 0) is 44.9 Å². The molecule has 0 aromatic rings.